The minimum atomic E-state index is -0.136. The van der Waals surface area contributed by atoms with Gasteiger partial charge in [0.2, 0.25) is 5.91 Å². The summed E-state index contributed by atoms with van der Waals surface area (Å²) < 4.78 is 0. The van der Waals surface area contributed by atoms with E-state index in [1.807, 2.05) is 36.2 Å². The first kappa shape index (κ1) is 25.5. The predicted molar refractivity (Wildman–Crippen MR) is 141 cm³/mol. The number of hydrogen-bond donors (Lipinski definition) is 0. The summed E-state index contributed by atoms with van der Waals surface area (Å²) >= 11 is 6.31. The molecule has 1 saturated heterocycles. The average Bonchev–Trinajstić information content (AvgIpc) is 3.70. The molecule has 1 aromatic carbocycles. The molecule has 2 fully saturated rings. The number of nitrogens with zero attached hydrogens (tertiary/aromatic N) is 4. The number of halogens is 1. The van der Waals surface area contributed by atoms with E-state index in [9.17, 15) is 9.59 Å². The van der Waals surface area contributed by atoms with Gasteiger partial charge in [-0.1, -0.05) is 41.9 Å². The molecule has 1 atom stereocenters. The lowest BCUT2D eigenvalue weighted by Crippen LogP contribution is -2.35. The normalized spacial score (nSPS) is 17.2. The predicted octanol–water partition coefficient (Wildman–Crippen LogP) is 5.09. The van der Waals surface area contributed by atoms with Crippen molar-refractivity contribution in [1.82, 2.24) is 14.8 Å². The van der Waals surface area contributed by atoms with Gasteiger partial charge in [-0.2, -0.15) is 0 Å². The summed E-state index contributed by atoms with van der Waals surface area (Å²) in [6.45, 7) is 2.68. The summed E-state index contributed by atoms with van der Waals surface area (Å²) in [4.78, 5) is 35.6. The summed E-state index contributed by atoms with van der Waals surface area (Å²) in [6.07, 6.45) is 6.69. The standard InChI is InChI=1S/C28H37ClN4O2/c1-31(2)27(34)23-13-14-24(30-26(23)29)33-18-15-20(16-19-33)8-7-17-32(3)28(35)25(22-11-12-22)21-9-5-4-6-10-21/h4-6,9-10,13-14,20,22,25H,7-8,11-12,15-19H2,1-3H3. The number of anilines is 1. The van der Waals surface area contributed by atoms with Gasteiger partial charge in [-0.25, -0.2) is 4.98 Å². The van der Waals surface area contributed by atoms with Gasteiger partial charge in [-0.15, -0.1) is 0 Å². The average molecular weight is 497 g/mol. The number of amides is 2. The fourth-order valence-corrected chi connectivity index (χ4v) is 5.35. The zero-order valence-electron chi connectivity index (χ0n) is 21.1. The molecule has 7 heteroatoms. The smallest absolute Gasteiger partial charge is 0.256 e. The molecule has 2 aromatic rings. The lowest BCUT2D eigenvalue weighted by atomic mass is 9.91. The van der Waals surface area contributed by atoms with Crippen molar-refractivity contribution in [2.75, 3.05) is 45.7 Å². The molecule has 0 N–H and O–H groups in total. The number of likely N-dealkylation sites (N-methyl/N-ethyl adjacent to an activating group) is 1. The van der Waals surface area contributed by atoms with E-state index >= 15 is 0 Å². The molecule has 0 radical (unpaired) electrons. The Labute approximate surface area is 214 Å². The fourth-order valence-electron chi connectivity index (χ4n) is 5.12. The van der Waals surface area contributed by atoms with Crippen LogP contribution in [0.15, 0.2) is 42.5 Å². The molecule has 0 bridgehead atoms. The molecule has 1 saturated carbocycles. The van der Waals surface area contributed by atoms with Crippen LogP contribution >= 0.6 is 11.6 Å². The van der Waals surface area contributed by atoms with Gasteiger partial charge in [-0.3, -0.25) is 9.59 Å². The summed E-state index contributed by atoms with van der Waals surface area (Å²) in [5.74, 6) is 2.16. The molecule has 35 heavy (non-hydrogen) atoms. The molecule has 1 aliphatic carbocycles. The maximum Gasteiger partial charge on any atom is 0.256 e. The van der Waals surface area contributed by atoms with Crippen LogP contribution < -0.4 is 4.90 Å². The van der Waals surface area contributed by atoms with E-state index < -0.39 is 0 Å². The number of benzene rings is 1. The highest BCUT2D eigenvalue weighted by molar-refractivity contribution is 6.32. The van der Waals surface area contributed by atoms with Crippen LogP contribution in [-0.4, -0.2) is 67.4 Å². The van der Waals surface area contributed by atoms with Crippen LogP contribution in [0.3, 0.4) is 0 Å². The van der Waals surface area contributed by atoms with Crippen molar-refractivity contribution >= 4 is 29.2 Å². The summed E-state index contributed by atoms with van der Waals surface area (Å²) in [7, 11) is 5.38. The molecular formula is C28H37ClN4O2. The SMILES string of the molecule is CN(C)C(=O)c1ccc(N2CCC(CCCN(C)C(=O)C(c3ccccc3)C3CC3)CC2)nc1Cl. The molecule has 4 rings (SSSR count). The third-order valence-corrected chi connectivity index (χ3v) is 7.70. The highest BCUT2D eigenvalue weighted by atomic mass is 35.5. The Morgan fingerprint density at radius 2 is 1.71 bits per heavy atom. The van der Waals surface area contributed by atoms with Crippen LogP contribution in [0.4, 0.5) is 5.82 Å². The molecule has 1 aliphatic heterocycles. The minimum absolute atomic E-state index is 0.0168. The number of pyridine rings is 1. The largest absolute Gasteiger partial charge is 0.357 e. The van der Waals surface area contributed by atoms with Gasteiger partial charge in [0.1, 0.15) is 11.0 Å². The van der Waals surface area contributed by atoms with Crippen molar-refractivity contribution in [3.05, 3.63) is 58.7 Å². The lowest BCUT2D eigenvalue weighted by Gasteiger charge is -2.33. The topological polar surface area (TPSA) is 56.8 Å². The first-order valence-electron chi connectivity index (χ1n) is 12.8. The first-order chi connectivity index (χ1) is 16.8. The number of hydrogen-bond acceptors (Lipinski definition) is 4. The number of carbonyl (C=O) groups is 2. The molecule has 1 aromatic heterocycles. The van der Waals surface area contributed by atoms with Crippen molar-refractivity contribution < 1.29 is 9.59 Å². The van der Waals surface area contributed by atoms with Crippen molar-refractivity contribution in [3.63, 3.8) is 0 Å². The van der Waals surface area contributed by atoms with E-state index in [4.69, 9.17) is 11.6 Å². The highest BCUT2D eigenvalue weighted by Crippen LogP contribution is 2.43. The number of piperidine rings is 1. The lowest BCUT2D eigenvalue weighted by molar-refractivity contribution is -0.132. The second-order valence-electron chi connectivity index (χ2n) is 10.3. The molecule has 2 amide bonds. The number of carbonyl (C=O) groups excluding carboxylic acids is 2. The Kier molecular flexibility index (Phi) is 8.32. The maximum absolute atomic E-state index is 13.2. The second kappa shape index (κ2) is 11.4. The fraction of sp³-hybridized carbons (Fsp3) is 0.536. The van der Waals surface area contributed by atoms with E-state index in [1.165, 1.54) is 4.90 Å². The summed E-state index contributed by atoms with van der Waals surface area (Å²) in [5.41, 5.74) is 1.59. The van der Waals surface area contributed by atoms with E-state index in [2.05, 4.69) is 22.0 Å². The van der Waals surface area contributed by atoms with Crippen LogP contribution in [0, 0.1) is 11.8 Å². The van der Waals surface area contributed by atoms with Gasteiger partial charge in [-0.05, 0) is 68.1 Å². The highest BCUT2D eigenvalue weighted by Gasteiger charge is 2.38. The third kappa shape index (κ3) is 6.35. The van der Waals surface area contributed by atoms with E-state index in [1.54, 1.807) is 20.2 Å². The van der Waals surface area contributed by atoms with Gasteiger partial charge in [0.05, 0.1) is 11.5 Å². The van der Waals surface area contributed by atoms with Crippen LogP contribution in [0.5, 0.6) is 0 Å². The number of aromatic nitrogens is 1. The second-order valence-corrected chi connectivity index (χ2v) is 10.6. The quantitative estimate of drug-likeness (QED) is 0.454. The zero-order chi connectivity index (χ0) is 24.9. The maximum atomic E-state index is 13.2. The summed E-state index contributed by atoms with van der Waals surface area (Å²) in [5, 5.41) is 0.260. The molecular weight excluding hydrogens is 460 g/mol. The van der Waals surface area contributed by atoms with Crippen molar-refractivity contribution in [3.8, 4) is 0 Å². The van der Waals surface area contributed by atoms with Gasteiger partial charge in [0, 0.05) is 40.8 Å². The van der Waals surface area contributed by atoms with Crippen LogP contribution in [0.25, 0.3) is 0 Å². The molecule has 188 valence electrons. The third-order valence-electron chi connectivity index (χ3n) is 7.41. The van der Waals surface area contributed by atoms with Gasteiger partial charge in [0.15, 0.2) is 0 Å². The Balaban J connectivity index is 1.23. The van der Waals surface area contributed by atoms with Crippen molar-refractivity contribution in [2.45, 2.75) is 44.4 Å². The van der Waals surface area contributed by atoms with Crippen molar-refractivity contribution in [1.29, 1.82) is 0 Å². The van der Waals surface area contributed by atoms with Crippen LogP contribution in [0.2, 0.25) is 5.15 Å². The molecule has 6 nitrogen and oxygen atoms in total. The zero-order valence-corrected chi connectivity index (χ0v) is 21.9. The first-order valence-corrected chi connectivity index (χ1v) is 13.2. The van der Waals surface area contributed by atoms with Gasteiger partial charge >= 0.3 is 0 Å². The Bertz CT molecular complexity index is 1020. The Hall–Kier alpha value is -2.60. The molecule has 2 aliphatic rings. The van der Waals surface area contributed by atoms with Crippen LogP contribution in [-0.2, 0) is 4.79 Å². The van der Waals surface area contributed by atoms with Crippen molar-refractivity contribution in [2.24, 2.45) is 11.8 Å². The van der Waals surface area contributed by atoms with Gasteiger partial charge in [0.25, 0.3) is 5.91 Å². The molecule has 2 heterocycles. The molecule has 1 unspecified atom stereocenters. The van der Waals surface area contributed by atoms with Crippen LogP contribution in [0.1, 0.15) is 60.4 Å². The van der Waals surface area contributed by atoms with Gasteiger partial charge < -0.3 is 14.7 Å². The summed E-state index contributed by atoms with van der Waals surface area (Å²) in [6, 6.07) is 13.9. The monoisotopic (exact) mass is 496 g/mol. The van der Waals surface area contributed by atoms with E-state index in [-0.39, 0.29) is 22.9 Å². The van der Waals surface area contributed by atoms with E-state index in [0.717, 1.165) is 69.5 Å². The van der Waals surface area contributed by atoms with E-state index in [0.29, 0.717) is 17.4 Å². The Morgan fingerprint density at radius 1 is 1.03 bits per heavy atom. The molecule has 0 spiro atoms. The number of rotatable bonds is 9. The minimum Gasteiger partial charge on any atom is -0.357 e. The Morgan fingerprint density at radius 3 is 2.31 bits per heavy atom.